The van der Waals surface area contributed by atoms with Gasteiger partial charge in [-0.15, -0.1) is 0 Å². The highest BCUT2D eigenvalue weighted by molar-refractivity contribution is 6.30. The summed E-state index contributed by atoms with van der Waals surface area (Å²) in [6, 6.07) is 14.9. The zero-order valence-corrected chi connectivity index (χ0v) is 13.0. The maximum Gasteiger partial charge on any atom is 0.432 e. The molecule has 3 rings (SSSR count). The zero-order valence-electron chi connectivity index (χ0n) is 12.3. The summed E-state index contributed by atoms with van der Waals surface area (Å²) >= 11 is 5.81. The summed E-state index contributed by atoms with van der Waals surface area (Å²) in [5.41, 5.74) is 0.887. The van der Waals surface area contributed by atoms with Gasteiger partial charge >= 0.3 is 6.18 Å². The third-order valence-corrected chi connectivity index (χ3v) is 3.60. The number of H-pyrrole nitrogens is 1. The number of hydrogen-bond donors (Lipinski definition) is 1. The molecule has 0 aliphatic heterocycles. The minimum atomic E-state index is -4.44. The molecule has 0 amide bonds. The van der Waals surface area contributed by atoms with E-state index >= 15 is 0 Å². The second kappa shape index (κ2) is 6.57. The van der Waals surface area contributed by atoms with Gasteiger partial charge in [-0.3, -0.25) is 5.10 Å². The van der Waals surface area contributed by atoms with Crippen LogP contribution < -0.4 is 4.74 Å². The average Bonchev–Trinajstić information content (AvgIpc) is 3.05. The van der Waals surface area contributed by atoms with Crippen LogP contribution in [0.25, 0.3) is 11.3 Å². The molecule has 0 radical (unpaired) electrons. The van der Waals surface area contributed by atoms with E-state index < -0.39 is 11.9 Å². The highest BCUT2D eigenvalue weighted by atomic mass is 35.5. The van der Waals surface area contributed by atoms with Gasteiger partial charge in [0.1, 0.15) is 18.1 Å². The highest BCUT2D eigenvalue weighted by Crippen LogP contribution is 2.30. The molecule has 1 heterocycles. The molecule has 0 fully saturated rings. The van der Waals surface area contributed by atoms with Crippen LogP contribution in [0.5, 0.6) is 5.75 Å². The molecule has 2 aromatic carbocycles. The van der Waals surface area contributed by atoms with Crippen LogP contribution in [-0.4, -0.2) is 10.2 Å². The topological polar surface area (TPSA) is 37.9 Å². The van der Waals surface area contributed by atoms with Crippen LogP contribution in [-0.2, 0) is 12.8 Å². The van der Waals surface area contributed by atoms with Crippen LogP contribution in [0.1, 0.15) is 11.3 Å². The summed E-state index contributed by atoms with van der Waals surface area (Å²) in [6.45, 7) is 0.372. The first kappa shape index (κ1) is 16.4. The number of nitrogens with zero attached hydrogens (tertiary/aromatic N) is 1. The third-order valence-electron chi connectivity index (χ3n) is 3.35. The van der Waals surface area contributed by atoms with Crippen molar-refractivity contribution in [3.63, 3.8) is 0 Å². The lowest BCUT2D eigenvalue weighted by Crippen LogP contribution is -2.04. The molecular formula is C17H12ClF3N2O. The Balaban J connectivity index is 1.67. The molecule has 1 N–H and O–H groups in total. The van der Waals surface area contributed by atoms with Gasteiger partial charge in [0.15, 0.2) is 0 Å². The third kappa shape index (κ3) is 3.89. The summed E-state index contributed by atoms with van der Waals surface area (Å²) in [5.74, 6) is 0.611. The Labute approximate surface area is 141 Å². The van der Waals surface area contributed by atoms with E-state index in [1.165, 1.54) is 0 Å². The molecule has 124 valence electrons. The van der Waals surface area contributed by atoms with Gasteiger partial charge in [0.25, 0.3) is 0 Å². The molecule has 0 spiro atoms. The van der Waals surface area contributed by atoms with Crippen molar-refractivity contribution >= 4 is 11.6 Å². The Kier molecular flexibility index (Phi) is 4.49. The first-order valence-electron chi connectivity index (χ1n) is 7.02. The van der Waals surface area contributed by atoms with Gasteiger partial charge in [0, 0.05) is 10.6 Å². The first-order chi connectivity index (χ1) is 11.4. The molecule has 0 saturated heterocycles. The number of halogens is 4. The van der Waals surface area contributed by atoms with Gasteiger partial charge in [-0.25, -0.2) is 0 Å². The molecule has 0 saturated carbocycles. The Bertz CT molecular complexity index is 811. The molecule has 7 heteroatoms. The van der Waals surface area contributed by atoms with Crippen molar-refractivity contribution in [2.75, 3.05) is 0 Å². The fourth-order valence-corrected chi connectivity index (χ4v) is 2.21. The smallest absolute Gasteiger partial charge is 0.432 e. The van der Waals surface area contributed by atoms with Gasteiger partial charge < -0.3 is 4.74 Å². The van der Waals surface area contributed by atoms with Gasteiger partial charge in [-0.05, 0) is 48.0 Å². The quantitative estimate of drug-likeness (QED) is 0.689. The lowest BCUT2D eigenvalue weighted by Gasteiger charge is -2.07. The molecule has 24 heavy (non-hydrogen) atoms. The normalized spacial score (nSPS) is 11.5. The SMILES string of the molecule is FC(F)(F)c1cc(-c2ccc(OCc3ccc(Cl)cc3)cc2)n[nH]1. The zero-order chi connectivity index (χ0) is 17.2. The number of alkyl halides is 3. The van der Waals surface area contributed by atoms with Gasteiger partial charge in [-0.1, -0.05) is 23.7 Å². The monoisotopic (exact) mass is 352 g/mol. The van der Waals surface area contributed by atoms with Crippen LogP contribution in [0.4, 0.5) is 13.2 Å². The van der Waals surface area contributed by atoms with Gasteiger partial charge in [0.05, 0.1) is 5.69 Å². The van der Waals surface area contributed by atoms with E-state index in [-0.39, 0.29) is 5.69 Å². The first-order valence-corrected chi connectivity index (χ1v) is 7.40. The predicted octanol–water partition coefficient (Wildman–Crippen LogP) is 5.33. The minimum absolute atomic E-state index is 0.228. The number of aromatic nitrogens is 2. The van der Waals surface area contributed by atoms with E-state index in [0.717, 1.165) is 11.6 Å². The Hall–Kier alpha value is -2.47. The van der Waals surface area contributed by atoms with Crippen LogP contribution in [0.3, 0.4) is 0 Å². The van der Waals surface area contributed by atoms with Crippen molar-refractivity contribution < 1.29 is 17.9 Å². The second-order valence-corrected chi connectivity index (χ2v) is 5.54. The molecule has 0 aliphatic rings. The summed E-state index contributed by atoms with van der Waals surface area (Å²) in [4.78, 5) is 0. The second-order valence-electron chi connectivity index (χ2n) is 5.10. The summed E-state index contributed by atoms with van der Waals surface area (Å²) in [5, 5.41) is 6.33. The number of nitrogens with one attached hydrogen (secondary N) is 1. The summed E-state index contributed by atoms with van der Waals surface area (Å²) in [6.07, 6.45) is -4.44. The standard InChI is InChI=1S/C17H12ClF3N2O/c18-13-5-1-11(2-6-13)10-24-14-7-3-12(4-8-14)15-9-16(23-22-15)17(19,20)21/h1-9H,10H2,(H,22,23). The van der Waals surface area contributed by atoms with Gasteiger partial charge in [0.2, 0.25) is 0 Å². The number of rotatable bonds is 4. The van der Waals surface area contributed by atoms with E-state index in [4.69, 9.17) is 16.3 Å². The highest BCUT2D eigenvalue weighted by Gasteiger charge is 2.33. The van der Waals surface area contributed by atoms with Crippen LogP contribution in [0.2, 0.25) is 5.02 Å². The van der Waals surface area contributed by atoms with Crippen molar-refractivity contribution in [3.05, 3.63) is 70.9 Å². The van der Waals surface area contributed by atoms with Crippen molar-refractivity contribution in [2.45, 2.75) is 12.8 Å². The van der Waals surface area contributed by atoms with Crippen molar-refractivity contribution in [1.29, 1.82) is 0 Å². The number of aromatic amines is 1. The lowest BCUT2D eigenvalue weighted by atomic mass is 10.1. The Morgan fingerprint density at radius 2 is 1.67 bits per heavy atom. The van der Waals surface area contributed by atoms with Gasteiger partial charge in [-0.2, -0.15) is 18.3 Å². The molecule has 0 aliphatic carbocycles. The van der Waals surface area contributed by atoms with E-state index in [2.05, 4.69) is 5.10 Å². The molecule has 0 bridgehead atoms. The van der Waals surface area contributed by atoms with E-state index in [0.29, 0.717) is 22.9 Å². The minimum Gasteiger partial charge on any atom is -0.489 e. The Morgan fingerprint density at radius 3 is 2.25 bits per heavy atom. The van der Waals surface area contributed by atoms with Crippen molar-refractivity contribution in [2.24, 2.45) is 0 Å². The molecule has 1 aromatic heterocycles. The van der Waals surface area contributed by atoms with E-state index in [1.807, 2.05) is 17.2 Å². The molecule has 0 atom stereocenters. The summed E-state index contributed by atoms with van der Waals surface area (Å²) < 4.78 is 43.3. The fourth-order valence-electron chi connectivity index (χ4n) is 2.08. The summed E-state index contributed by atoms with van der Waals surface area (Å²) in [7, 11) is 0. The molecule has 3 nitrogen and oxygen atoms in total. The molecule has 0 unspecified atom stereocenters. The molecular weight excluding hydrogens is 341 g/mol. The van der Waals surface area contributed by atoms with Crippen LogP contribution in [0, 0.1) is 0 Å². The number of benzene rings is 2. The van der Waals surface area contributed by atoms with Crippen molar-refractivity contribution in [3.8, 4) is 17.0 Å². The van der Waals surface area contributed by atoms with E-state index in [9.17, 15) is 13.2 Å². The maximum atomic E-state index is 12.6. The predicted molar refractivity (Wildman–Crippen MR) is 84.8 cm³/mol. The van der Waals surface area contributed by atoms with Crippen molar-refractivity contribution in [1.82, 2.24) is 10.2 Å². The fraction of sp³-hybridized carbons (Fsp3) is 0.118. The van der Waals surface area contributed by atoms with E-state index in [1.54, 1.807) is 36.4 Å². The largest absolute Gasteiger partial charge is 0.489 e. The molecule has 3 aromatic rings. The Morgan fingerprint density at radius 1 is 1.00 bits per heavy atom. The van der Waals surface area contributed by atoms with Crippen LogP contribution >= 0.6 is 11.6 Å². The lowest BCUT2D eigenvalue weighted by molar-refractivity contribution is -0.141. The maximum absolute atomic E-state index is 12.6. The number of hydrogen-bond acceptors (Lipinski definition) is 2. The number of ether oxygens (including phenoxy) is 1. The van der Waals surface area contributed by atoms with Crippen LogP contribution in [0.15, 0.2) is 54.6 Å². The average molecular weight is 353 g/mol.